The molecule has 1 rings (SSSR count). The molecule has 18 heavy (non-hydrogen) atoms. The van der Waals surface area contributed by atoms with E-state index in [0.717, 1.165) is 5.56 Å². The van der Waals surface area contributed by atoms with Crippen molar-refractivity contribution in [3.05, 3.63) is 34.9 Å². The van der Waals surface area contributed by atoms with Gasteiger partial charge < -0.3 is 15.2 Å². The third-order valence-electron chi connectivity index (χ3n) is 2.21. The van der Waals surface area contributed by atoms with Crippen molar-refractivity contribution in [1.82, 2.24) is 5.32 Å². The quantitative estimate of drug-likeness (QED) is 0.824. The molecule has 0 fully saturated rings. The molecule has 0 aliphatic heterocycles. The molecule has 1 amide bonds. The molecule has 0 saturated heterocycles. The van der Waals surface area contributed by atoms with Gasteiger partial charge in [0.15, 0.2) is 0 Å². The average molecular weight is 272 g/mol. The van der Waals surface area contributed by atoms with Gasteiger partial charge in [-0.05, 0) is 24.6 Å². The Bertz CT molecular complexity index is 419. The Morgan fingerprint density at radius 3 is 2.50 bits per heavy atom. The third-order valence-corrected chi connectivity index (χ3v) is 2.46. The zero-order valence-corrected chi connectivity index (χ0v) is 10.6. The second-order valence-corrected chi connectivity index (χ2v) is 4.16. The first-order valence-electron chi connectivity index (χ1n) is 5.33. The van der Waals surface area contributed by atoms with Crippen molar-refractivity contribution in [2.24, 2.45) is 0 Å². The molecule has 98 valence electrons. The minimum Gasteiger partial charge on any atom is -0.480 e. The summed E-state index contributed by atoms with van der Waals surface area (Å²) >= 11 is 5.76. The van der Waals surface area contributed by atoms with E-state index in [-0.39, 0.29) is 18.6 Å². The lowest BCUT2D eigenvalue weighted by molar-refractivity contribution is -0.143. The summed E-state index contributed by atoms with van der Waals surface area (Å²) in [7, 11) is 0. The minimum atomic E-state index is -1.10. The highest BCUT2D eigenvalue weighted by Gasteiger charge is 2.10. The summed E-state index contributed by atoms with van der Waals surface area (Å²) in [6, 6.07) is 6.90. The van der Waals surface area contributed by atoms with Crippen LogP contribution in [0.25, 0.3) is 0 Å². The molecule has 0 radical (unpaired) electrons. The molecule has 1 aromatic rings. The number of ether oxygens (including phenoxy) is 1. The summed E-state index contributed by atoms with van der Waals surface area (Å²) in [4.78, 5) is 21.6. The number of carbonyl (C=O) groups excluding carboxylic acids is 1. The van der Waals surface area contributed by atoms with E-state index in [1.165, 1.54) is 0 Å². The topological polar surface area (TPSA) is 75.6 Å². The Morgan fingerprint density at radius 2 is 1.94 bits per heavy atom. The van der Waals surface area contributed by atoms with E-state index in [9.17, 15) is 9.59 Å². The number of amides is 1. The molecule has 6 heteroatoms. The molecule has 0 aliphatic rings. The molecule has 5 nitrogen and oxygen atoms in total. The number of halogens is 1. The van der Waals surface area contributed by atoms with Gasteiger partial charge in [0, 0.05) is 5.02 Å². The highest BCUT2D eigenvalue weighted by Crippen LogP contribution is 2.15. The van der Waals surface area contributed by atoms with E-state index in [4.69, 9.17) is 16.7 Å². The molecule has 1 atom stereocenters. The molecular weight excluding hydrogens is 258 g/mol. The summed E-state index contributed by atoms with van der Waals surface area (Å²) in [6.07, 6.45) is 0. The number of hydrogen-bond donors (Lipinski definition) is 2. The van der Waals surface area contributed by atoms with E-state index in [1.54, 1.807) is 12.1 Å². The Labute approximate surface area is 110 Å². The SMILES string of the molecule is CC(NC(=O)COCC(=O)O)c1ccc(Cl)cc1. The van der Waals surface area contributed by atoms with Gasteiger partial charge >= 0.3 is 5.97 Å². The lowest BCUT2D eigenvalue weighted by Gasteiger charge is -2.14. The second kappa shape index (κ2) is 6.98. The molecular formula is C12H14ClNO4. The predicted octanol–water partition coefficient (Wildman–Crippen LogP) is 1.62. The highest BCUT2D eigenvalue weighted by atomic mass is 35.5. The fourth-order valence-electron chi connectivity index (χ4n) is 1.35. The zero-order chi connectivity index (χ0) is 13.5. The maximum Gasteiger partial charge on any atom is 0.329 e. The van der Waals surface area contributed by atoms with Crippen molar-refractivity contribution >= 4 is 23.5 Å². The lowest BCUT2D eigenvalue weighted by Crippen LogP contribution is -2.30. The molecule has 0 heterocycles. The van der Waals surface area contributed by atoms with E-state index in [0.29, 0.717) is 5.02 Å². The van der Waals surface area contributed by atoms with Crippen LogP contribution >= 0.6 is 11.6 Å². The van der Waals surface area contributed by atoms with Gasteiger partial charge in [-0.15, -0.1) is 0 Å². The van der Waals surface area contributed by atoms with Crippen LogP contribution in [0.2, 0.25) is 5.02 Å². The molecule has 0 bridgehead atoms. The van der Waals surface area contributed by atoms with Crippen LogP contribution in [0.5, 0.6) is 0 Å². The standard InChI is InChI=1S/C12H14ClNO4/c1-8(9-2-4-10(13)5-3-9)14-11(15)6-18-7-12(16)17/h2-5,8H,6-7H2,1H3,(H,14,15)(H,16,17). The van der Waals surface area contributed by atoms with E-state index in [1.807, 2.05) is 19.1 Å². The molecule has 2 N–H and O–H groups in total. The van der Waals surface area contributed by atoms with Gasteiger partial charge in [-0.25, -0.2) is 4.79 Å². The van der Waals surface area contributed by atoms with Crippen molar-refractivity contribution in [3.63, 3.8) is 0 Å². The fraction of sp³-hybridized carbons (Fsp3) is 0.333. The smallest absolute Gasteiger partial charge is 0.329 e. The summed E-state index contributed by atoms with van der Waals surface area (Å²) in [5, 5.41) is 11.7. The van der Waals surface area contributed by atoms with Crippen LogP contribution in [0.3, 0.4) is 0 Å². The maximum atomic E-state index is 11.4. The number of carboxylic acids is 1. The number of carbonyl (C=O) groups is 2. The Morgan fingerprint density at radius 1 is 1.33 bits per heavy atom. The Hall–Kier alpha value is -1.59. The normalized spacial score (nSPS) is 11.9. The molecule has 0 saturated carbocycles. The summed E-state index contributed by atoms with van der Waals surface area (Å²) in [5.41, 5.74) is 0.908. The third kappa shape index (κ3) is 5.16. The summed E-state index contributed by atoms with van der Waals surface area (Å²) in [5.74, 6) is -1.47. The van der Waals surface area contributed by atoms with E-state index in [2.05, 4.69) is 10.1 Å². The summed E-state index contributed by atoms with van der Waals surface area (Å²) < 4.78 is 4.68. The fourth-order valence-corrected chi connectivity index (χ4v) is 1.47. The first kappa shape index (κ1) is 14.5. The van der Waals surface area contributed by atoms with Crippen LogP contribution < -0.4 is 5.32 Å². The van der Waals surface area contributed by atoms with Crippen molar-refractivity contribution < 1.29 is 19.4 Å². The predicted molar refractivity (Wildman–Crippen MR) is 66.5 cm³/mol. The first-order chi connectivity index (χ1) is 8.49. The number of hydrogen-bond acceptors (Lipinski definition) is 3. The maximum absolute atomic E-state index is 11.4. The molecule has 1 aromatic carbocycles. The van der Waals surface area contributed by atoms with Gasteiger partial charge in [-0.2, -0.15) is 0 Å². The Balaban J connectivity index is 2.39. The first-order valence-corrected chi connectivity index (χ1v) is 5.71. The van der Waals surface area contributed by atoms with E-state index >= 15 is 0 Å². The van der Waals surface area contributed by atoms with Crippen LogP contribution in [0.1, 0.15) is 18.5 Å². The highest BCUT2D eigenvalue weighted by molar-refractivity contribution is 6.30. The number of aliphatic carboxylic acids is 1. The van der Waals surface area contributed by atoms with Gasteiger partial charge in [0.2, 0.25) is 5.91 Å². The van der Waals surface area contributed by atoms with Gasteiger partial charge in [0.25, 0.3) is 0 Å². The molecule has 0 aromatic heterocycles. The van der Waals surface area contributed by atoms with Crippen LogP contribution in [0.15, 0.2) is 24.3 Å². The van der Waals surface area contributed by atoms with Crippen LogP contribution in [0, 0.1) is 0 Å². The van der Waals surface area contributed by atoms with E-state index < -0.39 is 12.6 Å². The van der Waals surface area contributed by atoms with Gasteiger partial charge in [0.05, 0.1) is 6.04 Å². The largest absolute Gasteiger partial charge is 0.480 e. The molecule has 0 aliphatic carbocycles. The summed E-state index contributed by atoms with van der Waals surface area (Å²) in [6.45, 7) is 1.06. The van der Waals surface area contributed by atoms with Crippen LogP contribution in [-0.2, 0) is 14.3 Å². The second-order valence-electron chi connectivity index (χ2n) is 3.73. The van der Waals surface area contributed by atoms with Crippen molar-refractivity contribution in [1.29, 1.82) is 0 Å². The molecule has 1 unspecified atom stereocenters. The van der Waals surface area contributed by atoms with Crippen LogP contribution in [-0.4, -0.2) is 30.2 Å². The Kier molecular flexibility index (Phi) is 5.61. The number of benzene rings is 1. The zero-order valence-electron chi connectivity index (χ0n) is 9.85. The average Bonchev–Trinajstić information content (AvgIpc) is 2.29. The van der Waals surface area contributed by atoms with Crippen molar-refractivity contribution in [3.8, 4) is 0 Å². The number of nitrogens with one attached hydrogen (secondary N) is 1. The van der Waals surface area contributed by atoms with Gasteiger partial charge in [0.1, 0.15) is 13.2 Å². The number of carboxylic acid groups (broad SMARTS) is 1. The lowest BCUT2D eigenvalue weighted by atomic mass is 10.1. The molecule has 0 spiro atoms. The number of rotatable bonds is 6. The monoisotopic (exact) mass is 271 g/mol. The van der Waals surface area contributed by atoms with Gasteiger partial charge in [-0.1, -0.05) is 23.7 Å². The van der Waals surface area contributed by atoms with Gasteiger partial charge in [-0.3, -0.25) is 4.79 Å². The minimum absolute atomic E-state index is 0.191. The van der Waals surface area contributed by atoms with Crippen molar-refractivity contribution in [2.75, 3.05) is 13.2 Å². The van der Waals surface area contributed by atoms with Crippen molar-refractivity contribution in [2.45, 2.75) is 13.0 Å². The van der Waals surface area contributed by atoms with Crippen LogP contribution in [0.4, 0.5) is 0 Å².